The Morgan fingerprint density at radius 2 is 1.63 bits per heavy atom. The number of anilines is 1. The molecule has 2 aromatic carbocycles. The molecule has 1 heterocycles. The summed E-state index contributed by atoms with van der Waals surface area (Å²) in [7, 11) is 1.50. The number of nitrogens with zero attached hydrogens (tertiary/aromatic N) is 1. The minimum atomic E-state index is -0.245. The maximum atomic E-state index is 12.0. The Kier molecular flexibility index (Phi) is 6.41. The van der Waals surface area contributed by atoms with Gasteiger partial charge in [0, 0.05) is 31.9 Å². The summed E-state index contributed by atoms with van der Waals surface area (Å²) < 4.78 is 5.01. The molecular formula is C21H27N3O3. The second-order valence-corrected chi connectivity index (χ2v) is 6.76. The summed E-state index contributed by atoms with van der Waals surface area (Å²) in [5, 5.41) is 15.4. The molecule has 0 aliphatic carbocycles. The molecule has 144 valence electrons. The van der Waals surface area contributed by atoms with Crippen LogP contribution in [-0.4, -0.2) is 31.3 Å². The van der Waals surface area contributed by atoms with Gasteiger partial charge in [-0.25, -0.2) is 4.79 Å². The van der Waals surface area contributed by atoms with Crippen LogP contribution in [0.4, 0.5) is 10.5 Å². The number of nitrogens with one attached hydrogen (secondary N) is 2. The molecule has 0 aromatic heterocycles. The fourth-order valence-corrected chi connectivity index (χ4v) is 3.25. The number of hydrogen-bond donors (Lipinski definition) is 3. The first-order valence-corrected chi connectivity index (χ1v) is 9.37. The predicted molar refractivity (Wildman–Crippen MR) is 106 cm³/mol. The van der Waals surface area contributed by atoms with Gasteiger partial charge in [-0.05, 0) is 54.7 Å². The number of piperidine rings is 1. The average Bonchev–Trinajstić information content (AvgIpc) is 2.72. The summed E-state index contributed by atoms with van der Waals surface area (Å²) in [6.07, 6.45) is 3.84. The van der Waals surface area contributed by atoms with E-state index in [1.165, 1.54) is 32.1 Å². The monoisotopic (exact) mass is 369 g/mol. The fourth-order valence-electron chi connectivity index (χ4n) is 3.25. The van der Waals surface area contributed by atoms with Crippen molar-refractivity contribution in [1.82, 2.24) is 10.6 Å². The smallest absolute Gasteiger partial charge is 0.315 e. The van der Waals surface area contributed by atoms with Gasteiger partial charge in [-0.2, -0.15) is 0 Å². The van der Waals surface area contributed by atoms with Gasteiger partial charge in [-0.3, -0.25) is 0 Å². The molecule has 3 N–H and O–H groups in total. The molecule has 2 aromatic rings. The number of aromatic hydroxyl groups is 1. The van der Waals surface area contributed by atoms with Crippen molar-refractivity contribution in [1.29, 1.82) is 0 Å². The number of amides is 2. The Morgan fingerprint density at radius 3 is 2.26 bits per heavy atom. The molecule has 6 heteroatoms. The maximum Gasteiger partial charge on any atom is 0.315 e. The van der Waals surface area contributed by atoms with E-state index in [1.54, 1.807) is 18.2 Å². The summed E-state index contributed by atoms with van der Waals surface area (Å²) in [5.41, 5.74) is 3.12. The number of urea groups is 1. The van der Waals surface area contributed by atoms with E-state index in [0.29, 0.717) is 18.8 Å². The second-order valence-electron chi connectivity index (χ2n) is 6.76. The summed E-state index contributed by atoms with van der Waals surface area (Å²) in [6, 6.07) is 13.2. The number of methoxy groups -OCH3 is 1. The van der Waals surface area contributed by atoms with E-state index < -0.39 is 0 Å². The largest absolute Gasteiger partial charge is 0.504 e. The number of ether oxygens (including phenoxy) is 1. The first-order valence-electron chi connectivity index (χ1n) is 9.37. The molecule has 1 aliphatic heterocycles. The fraction of sp³-hybridized carbons (Fsp3) is 0.381. The van der Waals surface area contributed by atoms with E-state index in [1.807, 2.05) is 0 Å². The van der Waals surface area contributed by atoms with Crippen LogP contribution < -0.4 is 20.3 Å². The Labute approximate surface area is 160 Å². The zero-order valence-electron chi connectivity index (χ0n) is 15.7. The highest BCUT2D eigenvalue weighted by Gasteiger charge is 2.10. The van der Waals surface area contributed by atoms with E-state index in [9.17, 15) is 9.90 Å². The van der Waals surface area contributed by atoms with Crippen LogP contribution in [0.1, 0.15) is 30.4 Å². The topological polar surface area (TPSA) is 73.8 Å². The summed E-state index contributed by atoms with van der Waals surface area (Å²) >= 11 is 0. The molecule has 2 amide bonds. The van der Waals surface area contributed by atoms with E-state index in [0.717, 1.165) is 24.2 Å². The first-order chi connectivity index (χ1) is 13.2. The SMILES string of the molecule is COc1ccc(CNC(=O)NCc2ccc(N3CCCCC3)cc2)cc1O. The van der Waals surface area contributed by atoms with Gasteiger partial charge in [0.1, 0.15) is 0 Å². The van der Waals surface area contributed by atoms with Crippen LogP contribution in [0.15, 0.2) is 42.5 Å². The molecule has 1 saturated heterocycles. The maximum absolute atomic E-state index is 12.0. The van der Waals surface area contributed by atoms with Crippen LogP contribution >= 0.6 is 0 Å². The minimum absolute atomic E-state index is 0.0611. The average molecular weight is 369 g/mol. The molecule has 1 aliphatic rings. The van der Waals surface area contributed by atoms with Crippen molar-refractivity contribution in [2.24, 2.45) is 0 Å². The van der Waals surface area contributed by atoms with Crippen molar-refractivity contribution in [3.05, 3.63) is 53.6 Å². The molecule has 6 nitrogen and oxygen atoms in total. The van der Waals surface area contributed by atoms with E-state index in [-0.39, 0.29) is 11.8 Å². The van der Waals surface area contributed by atoms with Gasteiger partial charge in [0.05, 0.1) is 7.11 Å². The lowest BCUT2D eigenvalue weighted by atomic mass is 10.1. The van der Waals surface area contributed by atoms with Gasteiger partial charge in [-0.1, -0.05) is 18.2 Å². The number of rotatable bonds is 6. The van der Waals surface area contributed by atoms with Gasteiger partial charge in [0.15, 0.2) is 11.5 Å². The van der Waals surface area contributed by atoms with Gasteiger partial charge in [0.25, 0.3) is 0 Å². The molecule has 27 heavy (non-hydrogen) atoms. The summed E-state index contributed by atoms with van der Waals surface area (Å²) in [6.45, 7) is 3.05. The lowest BCUT2D eigenvalue weighted by Crippen LogP contribution is -2.34. The number of benzene rings is 2. The highest BCUT2D eigenvalue weighted by molar-refractivity contribution is 5.73. The van der Waals surface area contributed by atoms with Crippen LogP contribution in [-0.2, 0) is 13.1 Å². The molecule has 0 bridgehead atoms. The Morgan fingerprint density at radius 1 is 1.00 bits per heavy atom. The molecule has 3 rings (SSSR count). The van der Waals surface area contributed by atoms with E-state index in [4.69, 9.17) is 4.74 Å². The van der Waals surface area contributed by atoms with Crippen molar-refractivity contribution in [3.8, 4) is 11.5 Å². The van der Waals surface area contributed by atoms with Crippen molar-refractivity contribution < 1.29 is 14.6 Å². The molecule has 0 atom stereocenters. The quantitative estimate of drug-likeness (QED) is 0.730. The highest BCUT2D eigenvalue weighted by Crippen LogP contribution is 2.26. The standard InChI is InChI=1S/C21H27N3O3/c1-27-20-10-7-17(13-19(20)25)15-23-21(26)22-14-16-5-8-18(9-6-16)24-11-3-2-4-12-24/h5-10,13,25H,2-4,11-12,14-15H2,1H3,(H2,22,23,26). The van der Waals surface area contributed by atoms with Gasteiger partial charge < -0.3 is 25.4 Å². The minimum Gasteiger partial charge on any atom is -0.504 e. The van der Waals surface area contributed by atoms with Crippen molar-refractivity contribution >= 4 is 11.7 Å². The Hall–Kier alpha value is -2.89. The van der Waals surface area contributed by atoms with Crippen LogP contribution in [0.2, 0.25) is 0 Å². The number of phenols is 1. The van der Waals surface area contributed by atoms with Crippen LogP contribution in [0, 0.1) is 0 Å². The van der Waals surface area contributed by atoms with Gasteiger partial charge in [-0.15, -0.1) is 0 Å². The Bertz CT molecular complexity index is 756. The number of phenolic OH excluding ortho intramolecular Hbond substituents is 1. The van der Waals surface area contributed by atoms with Gasteiger partial charge >= 0.3 is 6.03 Å². The summed E-state index contributed by atoms with van der Waals surface area (Å²) in [4.78, 5) is 14.4. The summed E-state index contributed by atoms with van der Waals surface area (Å²) in [5.74, 6) is 0.474. The normalized spacial score (nSPS) is 13.9. The predicted octanol–water partition coefficient (Wildman–Crippen LogP) is 3.39. The molecular weight excluding hydrogens is 342 g/mol. The number of carbonyl (C=O) groups is 1. The van der Waals surface area contributed by atoms with E-state index in [2.05, 4.69) is 39.8 Å². The highest BCUT2D eigenvalue weighted by atomic mass is 16.5. The molecule has 0 spiro atoms. The third-order valence-corrected chi connectivity index (χ3v) is 4.81. The van der Waals surface area contributed by atoms with Crippen LogP contribution in [0.5, 0.6) is 11.5 Å². The van der Waals surface area contributed by atoms with E-state index >= 15 is 0 Å². The molecule has 1 fully saturated rings. The zero-order chi connectivity index (χ0) is 19.1. The third-order valence-electron chi connectivity index (χ3n) is 4.81. The molecule has 0 saturated carbocycles. The second kappa shape index (κ2) is 9.16. The number of carbonyl (C=O) groups excluding carboxylic acids is 1. The van der Waals surface area contributed by atoms with Crippen LogP contribution in [0.25, 0.3) is 0 Å². The zero-order valence-corrected chi connectivity index (χ0v) is 15.7. The lowest BCUT2D eigenvalue weighted by molar-refractivity contribution is 0.240. The Balaban J connectivity index is 1.44. The first kappa shape index (κ1) is 18.9. The van der Waals surface area contributed by atoms with Gasteiger partial charge in [0.2, 0.25) is 0 Å². The molecule has 0 radical (unpaired) electrons. The third kappa shape index (κ3) is 5.29. The van der Waals surface area contributed by atoms with Crippen molar-refractivity contribution in [3.63, 3.8) is 0 Å². The van der Waals surface area contributed by atoms with Crippen molar-refractivity contribution in [2.45, 2.75) is 32.4 Å². The van der Waals surface area contributed by atoms with Crippen LogP contribution in [0.3, 0.4) is 0 Å². The molecule has 0 unspecified atom stereocenters. The van der Waals surface area contributed by atoms with Crippen molar-refractivity contribution in [2.75, 3.05) is 25.1 Å². The lowest BCUT2D eigenvalue weighted by Gasteiger charge is -2.28. The number of hydrogen-bond acceptors (Lipinski definition) is 4.